The molecule has 0 saturated heterocycles. The lowest BCUT2D eigenvalue weighted by molar-refractivity contribution is 0.0970. The van der Waals surface area contributed by atoms with Gasteiger partial charge in [-0.15, -0.1) is 12.3 Å². The summed E-state index contributed by atoms with van der Waals surface area (Å²) in [5.41, 5.74) is 4.89. The molecule has 1 N–H and O–H groups in total. The van der Waals surface area contributed by atoms with Crippen LogP contribution in [-0.4, -0.2) is 32.5 Å². The van der Waals surface area contributed by atoms with E-state index in [2.05, 4.69) is 35.5 Å². The molecule has 1 aliphatic carbocycles. The highest BCUT2D eigenvalue weighted by molar-refractivity contribution is 5.79. The highest BCUT2D eigenvalue weighted by Gasteiger charge is 2.28. The van der Waals surface area contributed by atoms with Crippen LogP contribution in [0.3, 0.4) is 0 Å². The Labute approximate surface area is 167 Å². The first-order valence-corrected chi connectivity index (χ1v) is 9.79. The van der Waals surface area contributed by atoms with E-state index in [9.17, 15) is 4.79 Å². The molecule has 0 aliphatic heterocycles. The fourth-order valence-electron chi connectivity index (χ4n) is 3.77. The topological polar surface area (TPSA) is 47.6 Å². The van der Waals surface area contributed by atoms with E-state index in [1.54, 1.807) is 7.11 Å². The van der Waals surface area contributed by atoms with Crippen LogP contribution in [0.2, 0.25) is 0 Å². The molecule has 146 valence electrons. The van der Waals surface area contributed by atoms with Gasteiger partial charge in [0.1, 0.15) is 6.61 Å². The monoisotopic (exact) mass is 377 g/mol. The van der Waals surface area contributed by atoms with Gasteiger partial charge in [0.25, 0.3) is 0 Å². The van der Waals surface area contributed by atoms with Crippen LogP contribution in [0.25, 0.3) is 11.1 Å². The van der Waals surface area contributed by atoms with Gasteiger partial charge in [0.05, 0.1) is 6.10 Å². The average molecular weight is 377 g/mol. The summed E-state index contributed by atoms with van der Waals surface area (Å²) in [7, 11) is 1.68. The Hall–Kier alpha value is -2.77. The summed E-state index contributed by atoms with van der Waals surface area (Å²) in [6.45, 7) is 0.928. The Kier molecular flexibility index (Phi) is 7.11. The standard InChI is InChI=1S/C24H27NO3/c1-3-10-18(27-2)11-8-9-16-25-24(26)28-17-23-21-14-6-4-12-19(21)20-13-5-7-15-22(20)23/h1,4-7,12-15,18,23H,8-11,16-17H2,2H3,(H,25,26). The Morgan fingerprint density at radius 1 is 1.11 bits per heavy atom. The first-order chi connectivity index (χ1) is 13.7. The van der Waals surface area contributed by atoms with Crippen LogP contribution in [0.1, 0.15) is 42.7 Å². The Morgan fingerprint density at radius 2 is 1.75 bits per heavy atom. The van der Waals surface area contributed by atoms with E-state index in [1.807, 2.05) is 24.3 Å². The molecule has 1 amide bonds. The minimum atomic E-state index is -0.367. The molecule has 0 radical (unpaired) electrons. The predicted molar refractivity (Wildman–Crippen MR) is 111 cm³/mol. The Balaban J connectivity index is 1.45. The number of ether oxygens (including phenoxy) is 2. The van der Waals surface area contributed by atoms with E-state index < -0.39 is 0 Å². The lowest BCUT2D eigenvalue weighted by atomic mass is 9.98. The largest absolute Gasteiger partial charge is 0.449 e. The summed E-state index contributed by atoms with van der Waals surface area (Å²) in [5, 5.41) is 2.84. The number of terminal acetylenes is 1. The van der Waals surface area contributed by atoms with Gasteiger partial charge in [-0.1, -0.05) is 48.5 Å². The molecule has 0 spiro atoms. The molecule has 3 rings (SSSR count). The third kappa shape index (κ3) is 4.74. The molecular weight excluding hydrogens is 350 g/mol. The quantitative estimate of drug-likeness (QED) is 0.507. The van der Waals surface area contributed by atoms with Gasteiger partial charge in [0, 0.05) is 26.0 Å². The number of rotatable bonds is 9. The van der Waals surface area contributed by atoms with Gasteiger partial charge in [-0.25, -0.2) is 4.79 Å². The fourth-order valence-corrected chi connectivity index (χ4v) is 3.77. The second-order valence-electron chi connectivity index (χ2n) is 7.01. The van der Waals surface area contributed by atoms with Gasteiger partial charge in [-0.3, -0.25) is 0 Å². The van der Waals surface area contributed by atoms with Crippen LogP contribution in [0.15, 0.2) is 48.5 Å². The first kappa shape index (κ1) is 20.0. The van der Waals surface area contributed by atoms with Crippen molar-refractivity contribution in [3.63, 3.8) is 0 Å². The van der Waals surface area contributed by atoms with E-state index in [1.165, 1.54) is 22.3 Å². The maximum absolute atomic E-state index is 12.1. The number of carbonyl (C=O) groups excluding carboxylic acids is 1. The molecule has 4 nitrogen and oxygen atoms in total. The Bertz CT molecular complexity index is 794. The lowest BCUT2D eigenvalue weighted by Gasteiger charge is -2.15. The number of carbonyl (C=O) groups is 1. The molecule has 0 heterocycles. The molecule has 4 heteroatoms. The molecule has 28 heavy (non-hydrogen) atoms. The van der Waals surface area contributed by atoms with E-state index in [0.29, 0.717) is 19.6 Å². The van der Waals surface area contributed by atoms with Crippen molar-refractivity contribution >= 4 is 6.09 Å². The van der Waals surface area contributed by atoms with Crippen LogP contribution in [0.5, 0.6) is 0 Å². The van der Waals surface area contributed by atoms with Gasteiger partial charge in [0.2, 0.25) is 0 Å². The molecule has 2 aromatic rings. The van der Waals surface area contributed by atoms with Crippen molar-refractivity contribution in [1.82, 2.24) is 5.32 Å². The van der Waals surface area contributed by atoms with Gasteiger partial charge in [-0.05, 0) is 41.5 Å². The zero-order chi connectivity index (χ0) is 19.8. The van der Waals surface area contributed by atoms with Gasteiger partial charge in [0.15, 0.2) is 0 Å². The number of benzene rings is 2. The van der Waals surface area contributed by atoms with Gasteiger partial charge < -0.3 is 14.8 Å². The summed E-state index contributed by atoms with van der Waals surface area (Å²) in [4.78, 5) is 12.1. The lowest BCUT2D eigenvalue weighted by Crippen LogP contribution is -2.27. The van der Waals surface area contributed by atoms with Crippen molar-refractivity contribution in [3.8, 4) is 23.5 Å². The molecule has 0 saturated carbocycles. The van der Waals surface area contributed by atoms with Crippen molar-refractivity contribution in [3.05, 3.63) is 59.7 Å². The number of nitrogens with one attached hydrogen (secondary N) is 1. The molecule has 0 aromatic heterocycles. The van der Waals surface area contributed by atoms with Crippen molar-refractivity contribution in [2.75, 3.05) is 20.3 Å². The van der Waals surface area contributed by atoms with E-state index >= 15 is 0 Å². The number of unbranched alkanes of at least 4 members (excludes halogenated alkanes) is 1. The normalized spacial score (nSPS) is 13.3. The number of methoxy groups -OCH3 is 1. The van der Waals surface area contributed by atoms with E-state index in [4.69, 9.17) is 15.9 Å². The van der Waals surface area contributed by atoms with Crippen LogP contribution in [-0.2, 0) is 9.47 Å². The van der Waals surface area contributed by atoms with Crippen LogP contribution >= 0.6 is 0 Å². The highest BCUT2D eigenvalue weighted by atomic mass is 16.5. The summed E-state index contributed by atoms with van der Waals surface area (Å²) in [6, 6.07) is 16.6. The minimum Gasteiger partial charge on any atom is -0.449 e. The molecule has 0 fully saturated rings. The smallest absolute Gasteiger partial charge is 0.407 e. The van der Waals surface area contributed by atoms with Gasteiger partial charge in [-0.2, -0.15) is 0 Å². The van der Waals surface area contributed by atoms with Crippen LogP contribution in [0, 0.1) is 12.3 Å². The average Bonchev–Trinajstić information content (AvgIpc) is 3.05. The van der Waals surface area contributed by atoms with E-state index in [-0.39, 0.29) is 18.1 Å². The van der Waals surface area contributed by atoms with Gasteiger partial charge >= 0.3 is 6.09 Å². The second-order valence-corrected chi connectivity index (χ2v) is 7.01. The van der Waals surface area contributed by atoms with Crippen LogP contribution < -0.4 is 5.32 Å². The van der Waals surface area contributed by atoms with Crippen molar-refractivity contribution in [2.45, 2.75) is 37.7 Å². The number of hydrogen-bond acceptors (Lipinski definition) is 3. The van der Waals surface area contributed by atoms with Crippen molar-refractivity contribution in [2.24, 2.45) is 0 Å². The van der Waals surface area contributed by atoms with Crippen molar-refractivity contribution < 1.29 is 14.3 Å². The zero-order valence-electron chi connectivity index (χ0n) is 16.3. The maximum Gasteiger partial charge on any atom is 0.407 e. The van der Waals surface area contributed by atoms with Crippen molar-refractivity contribution in [1.29, 1.82) is 0 Å². The summed E-state index contributed by atoms with van der Waals surface area (Å²) < 4.78 is 10.8. The molecule has 0 bridgehead atoms. The molecule has 2 aromatic carbocycles. The predicted octanol–water partition coefficient (Wildman–Crippen LogP) is 4.73. The maximum atomic E-state index is 12.1. The minimum absolute atomic E-state index is 0.0874. The SMILES string of the molecule is C#CCC(CCCCNC(=O)OCC1c2ccccc2-c2ccccc21)OC. The molecule has 1 unspecified atom stereocenters. The third-order valence-corrected chi connectivity index (χ3v) is 5.24. The Morgan fingerprint density at radius 3 is 2.36 bits per heavy atom. The summed E-state index contributed by atoms with van der Waals surface area (Å²) >= 11 is 0. The molecule has 1 atom stereocenters. The van der Waals surface area contributed by atoms with E-state index in [0.717, 1.165) is 19.3 Å². The number of fused-ring (bicyclic) bond motifs is 3. The highest BCUT2D eigenvalue weighted by Crippen LogP contribution is 2.44. The first-order valence-electron chi connectivity index (χ1n) is 9.79. The second kappa shape index (κ2) is 9.96. The number of amides is 1. The number of hydrogen-bond donors (Lipinski definition) is 1. The van der Waals surface area contributed by atoms with Crippen LogP contribution in [0.4, 0.5) is 4.79 Å². The molecule has 1 aliphatic rings. The summed E-state index contributed by atoms with van der Waals surface area (Å²) in [5.74, 6) is 2.71. The number of alkyl carbamates (subject to hydrolysis) is 1. The zero-order valence-corrected chi connectivity index (χ0v) is 16.3. The third-order valence-electron chi connectivity index (χ3n) is 5.24. The molecular formula is C24H27NO3. The summed E-state index contributed by atoms with van der Waals surface area (Å²) in [6.07, 6.45) is 8.38. The fraction of sp³-hybridized carbons (Fsp3) is 0.375.